The second kappa shape index (κ2) is 33.7. The number of allylic oxidation sites excluding steroid dienone is 16. The van der Waals surface area contributed by atoms with Gasteiger partial charge in [0.2, 0.25) is 0 Å². The molecule has 294 valence electrons. The molecule has 0 rings (SSSR count). The minimum Gasteiger partial charge on any atom is -0.462 e. The lowest BCUT2D eigenvalue weighted by Crippen LogP contribution is -2.37. The summed E-state index contributed by atoms with van der Waals surface area (Å²) in [5.41, 5.74) is 0. The molecule has 0 aliphatic rings. The van der Waals surface area contributed by atoms with E-state index in [1.165, 1.54) is 0 Å². The van der Waals surface area contributed by atoms with Crippen LogP contribution in [0.5, 0.6) is 0 Å². The van der Waals surface area contributed by atoms with Crippen LogP contribution in [0.3, 0.4) is 0 Å². The van der Waals surface area contributed by atoms with E-state index in [1.54, 1.807) is 0 Å². The zero-order valence-electron chi connectivity index (χ0n) is 32.7. The third kappa shape index (κ3) is 36.7. The molecule has 52 heavy (non-hydrogen) atoms. The van der Waals surface area contributed by atoms with E-state index in [-0.39, 0.29) is 26.1 Å². The third-order valence-corrected chi connectivity index (χ3v) is 8.11. The highest BCUT2D eigenvalue weighted by Gasteiger charge is 2.27. The van der Waals surface area contributed by atoms with Crippen molar-refractivity contribution in [3.63, 3.8) is 0 Å². The summed E-state index contributed by atoms with van der Waals surface area (Å²) in [5.74, 6) is -0.957. The molecule has 10 heteroatoms. The van der Waals surface area contributed by atoms with Gasteiger partial charge >= 0.3 is 19.8 Å². The van der Waals surface area contributed by atoms with Gasteiger partial charge in [-0.25, -0.2) is 4.57 Å². The van der Waals surface area contributed by atoms with E-state index in [0.717, 1.165) is 64.2 Å². The fourth-order valence-electron chi connectivity index (χ4n) is 4.19. The molecule has 0 fully saturated rings. The fraction of sp³-hybridized carbons (Fsp3) is 0.571. The average Bonchev–Trinajstić information content (AvgIpc) is 3.09. The van der Waals surface area contributed by atoms with E-state index in [4.69, 9.17) is 18.5 Å². The SMILES string of the molecule is CC/C=C\C/C=C\C/C=C\C/C=C\CCCCC(=O)OC(COC(=O)CC/C=C\C/C=C\C/C=C\C/C=C\CC)COP(=O)(O)OCC[N+](C)(C)C. The lowest BCUT2D eigenvalue weighted by atomic mass is 10.2. The van der Waals surface area contributed by atoms with E-state index in [9.17, 15) is 19.0 Å². The number of rotatable bonds is 32. The minimum absolute atomic E-state index is 0.00724. The Morgan fingerprint density at radius 1 is 0.596 bits per heavy atom. The Hall–Kier alpha value is -3.07. The molecule has 0 heterocycles. The molecule has 0 saturated carbocycles. The molecule has 0 aromatic carbocycles. The second-order valence-electron chi connectivity index (χ2n) is 13.2. The predicted octanol–water partition coefficient (Wildman–Crippen LogP) is 10.2. The summed E-state index contributed by atoms with van der Waals surface area (Å²) in [4.78, 5) is 35.1. The van der Waals surface area contributed by atoms with Crippen LogP contribution in [0.2, 0.25) is 0 Å². The lowest BCUT2D eigenvalue weighted by molar-refractivity contribution is -0.870. The molecule has 0 spiro atoms. The summed E-state index contributed by atoms with van der Waals surface area (Å²) < 4.78 is 34.0. The van der Waals surface area contributed by atoms with Crippen LogP contribution in [0.1, 0.15) is 104 Å². The molecular formula is C42H69NO8P+. The zero-order chi connectivity index (χ0) is 38.6. The first-order valence-corrected chi connectivity index (χ1v) is 20.5. The second-order valence-corrected chi connectivity index (χ2v) is 14.6. The lowest BCUT2D eigenvalue weighted by Gasteiger charge is -2.24. The molecule has 0 amide bonds. The maximum atomic E-state index is 12.6. The molecule has 0 aliphatic heterocycles. The van der Waals surface area contributed by atoms with E-state index < -0.39 is 32.5 Å². The standard InChI is InChI=1S/C42H68NO8P/c1-6-8-10-12-14-16-18-20-21-23-25-27-29-31-33-35-42(45)51-40(39-50-52(46,47)49-37-36-43(3,4)5)38-48-41(44)34-32-30-28-26-24-22-19-17-15-13-11-9-7-2/h8-11,14-17,20-22,24-25,27-28,30,40H,6-7,12-13,18-19,23,26,29,31-39H2,1-5H3/p+1/b10-8-,11-9-,16-14-,17-15-,21-20-,24-22-,27-25-,30-28-. The quantitative estimate of drug-likeness (QED) is 0.0238. The van der Waals surface area contributed by atoms with Gasteiger partial charge in [-0.15, -0.1) is 0 Å². The minimum atomic E-state index is -4.40. The Labute approximate surface area is 315 Å². The van der Waals surface area contributed by atoms with Crippen LogP contribution in [0, 0.1) is 0 Å². The van der Waals surface area contributed by atoms with Crippen molar-refractivity contribution < 1.29 is 42.1 Å². The highest BCUT2D eigenvalue weighted by molar-refractivity contribution is 7.47. The summed E-state index contributed by atoms with van der Waals surface area (Å²) in [6.07, 6.45) is 43.4. The topological polar surface area (TPSA) is 108 Å². The van der Waals surface area contributed by atoms with Crippen molar-refractivity contribution in [2.45, 2.75) is 110 Å². The summed E-state index contributed by atoms with van der Waals surface area (Å²) in [5, 5.41) is 0. The van der Waals surface area contributed by atoms with Crippen molar-refractivity contribution in [1.82, 2.24) is 0 Å². The van der Waals surface area contributed by atoms with Gasteiger partial charge in [0.15, 0.2) is 6.10 Å². The number of unbranched alkanes of at least 4 members (excludes halogenated alkanes) is 2. The first kappa shape index (κ1) is 48.9. The van der Waals surface area contributed by atoms with Gasteiger partial charge in [0.25, 0.3) is 0 Å². The molecule has 1 N–H and O–H groups in total. The Bertz CT molecular complexity index is 1210. The van der Waals surface area contributed by atoms with Crippen molar-refractivity contribution in [1.29, 1.82) is 0 Å². The zero-order valence-corrected chi connectivity index (χ0v) is 33.6. The van der Waals surface area contributed by atoms with Crippen LogP contribution >= 0.6 is 7.82 Å². The van der Waals surface area contributed by atoms with Gasteiger partial charge in [0.1, 0.15) is 19.8 Å². The first-order chi connectivity index (χ1) is 25.0. The number of phosphoric ester groups is 1. The number of nitrogens with zero attached hydrogens (tertiary/aromatic N) is 1. The number of phosphoric acid groups is 1. The Kier molecular flexibility index (Phi) is 31.8. The van der Waals surface area contributed by atoms with Gasteiger partial charge in [0.05, 0.1) is 27.7 Å². The number of esters is 2. The molecule has 0 aromatic rings. The molecule has 0 bridgehead atoms. The third-order valence-electron chi connectivity index (χ3n) is 7.12. The van der Waals surface area contributed by atoms with Crippen LogP contribution in [-0.4, -0.2) is 74.9 Å². The maximum Gasteiger partial charge on any atom is 0.472 e. The van der Waals surface area contributed by atoms with E-state index in [1.807, 2.05) is 33.3 Å². The van der Waals surface area contributed by atoms with Gasteiger partial charge in [-0.3, -0.25) is 18.6 Å². The van der Waals surface area contributed by atoms with Crippen molar-refractivity contribution in [3.8, 4) is 0 Å². The van der Waals surface area contributed by atoms with E-state index in [2.05, 4.69) is 98.9 Å². The van der Waals surface area contributed by atoms with Gasteiger partial charge in [-0.1, -0.05) is 111 Å². The van der Waals surface area contributed by atoms with Gasteiger partial charge in [-0.2, -0.15) is 0 Å². The number of likely N-dealkylation sites (N-methyl/N-ethyl adjacent to an activating group) is 1. The molecule has 0 aliphatic carbocycles. The number of hydrogen-bond acceptors (Lipinski definition) is 7. The van der Waals surface area contributed by atoms with Crippen molar-refractivity contribution in [2.75, 3.05) is 47.5 Å². The number of carbonyl (C=O) groups excluding carboxylic acids is 2. The highest BCUT2D eigenvalue weighted by Crippen LogP contribution is 2.43. The maximum absolute atomic E-state index is 12.6. The number of ether oxygens (including phenoxy) is 2. The molecule has 9 nitrogen and oxygen atoms in total. The summed E-state index contributed by atoms with van der Waals surface area (Å²) >= 11 is 0. The Morgan fingerprint density at radius 3 is 1.54 bits per heavy atom. The number of carbonyl (C=O) groups is 2. The van der Waals surface area contributed by atoms with E-state index in [0.29, 0.717) is 23.9 Å². The van der Waals surface area contributed by atoms with Gasteiger partial charge in [0, 0.05) is 12.8 Å². The average molecular weight is 747 g/mol. The predicted molar refractivity (Wildman–Crippen MR) is 215 cm³/mol. The molecular weight excluding hydrogens is 677 g/mol. The van der Waals surface area contributed by atoms with Crippen LogP contribution < -0.4 is 0 Å². The van der Waals surface area contributed by atoms with Crippen LogP contribution in [0.4, 0.5) is 0 Å². The number of quaternary nitrogens is 1. The van der Waals surface area contributed by atoms with Crippen LogP contribution in [-0.2, 0) is 32.7 Å². The highest BCUT2D eigenvalue weighted by atomic mass is 31.2. The Morgan fingerprint density at radius 2 is 1.06 bits per heavy atom. The van der Waals surface area contributed by atoms with Crippen molar-refractivity contribution in [3.05, 3.63) is 97.2 Å². The molecule has 0 aromatic heterocycles. The summed E-state index contributed by atoms with van der Waals surface area (Å²) in [7, 11) is 1.39. The fourth-order valence-corrected chi connectivity index (χ4v) is 4.93. The van der Waals surface area contributed by atoms with Crippen molar-refractivity contribution >= 4 is 19.8 Å². The van der Waals surface area contributed by atoms with E-state index >= 15 is 0 Å². The van der Waals surface area contributed by atoms with Gasteiger partial charge in [-0.05, 0) is 77.0 Å². The first-order valence-electron chi connectivity index (χ1n) is 19.0. The monoisotopic (exact) mass is 746 g/mol. The molecule has 2 atom stereocenters. The molecule has 2 unspecified atom stereocenters. The smallest absolute Gasteiger partial charge is 0.462 e. The normalized spacial score (nSPS) is 14.8. The molecule has 0 saturated heterocycles. The van der Waals surface area contributed by atoms with Crippen LogP contribution in [0.15, 0.2) is 97.2 Å². The van der Waals surface area contributed by atoms with Gasteiger partial charge < -0.3 is 18.9 Å². The summed E-state index contributed by atoms with van der Waals surface area (Å²) in [6.45, 7) is 4.00. The largest absolute Gasteiger partial charge is 0.472 e. The molecule has 0 radical (unpaired) electrons. The van der Waals surface area contributed by atoms with Crippen LogP contribution in [0.25, 0.3) is 0 Å². The van der Waals surface area contributed by atoms with Crippen molar-refractivity contribution in [2.24, 2.45) is 0 Å². The number of hydrogen-bond donors (Lipinski definition) is 1. The summed E-state index contributed by atoms with van der Waals surface area (Å²) in [6, 6.07) is 0. The Balaban J connectivity index is 4.65.